The second-order valence-corrected chi connectivity index (χ2v) is 6.64. The van der Waals surface area contributed by atoms with E-state index in [9.17, 15) is 8.42 Å². The number of pyridine rings is 1. The standard InChI is InChI=1S/C14H14N2O3S/c1-19-13-8-7-11-14(16-13)12(9-15-11)20(17,18)10-5-3-2-4-6-10/h2-8,12,15H,9H2,1H3. The van der Waals surface area contributed by atoms with E-state index < -0.39 is 15.1 Å². The minimum atomic E-state index is -3.46. The maximum atomic E-state index is 12.7. The number of aromatic nitrogens is 1. The van der Waals surface area contributed by atoms with E-state index in [0.29, 0.717) is 23.0 Å². The minimum Gasteiger partial charge on any atom is -0.481 e. The fourth-order valence-electron chi connectivity index (χ4n) is 2.30. The molecule has 0 bridgehead atoms. The molecule has 2 heterocycles. The zero-order chi connectivity index (χ0) is 14.2. The van der Waals surface area contributed by atoms with Gasteiger partial charge in [0, 0.05) is 12.6 Å². The van der Waals surface area contributed by atoms with Crippen LogP contribution < -0.4 is 10.1 Å². The Morgan fingerprint density at radius 3 is 2.65 bits per heavy atom. The summed E-state index contributed by atoms with van der Waals surface area (Å²) in [7, 11) is -1.95. The summed E-state index contributed by atoms with van der Waals surface area (Å²) in [5.41, 5.74) is 1.27. The van der Waals surface area contributed by atoms with Crippen molar-refractivity contribution in [2.24, 2.45) is 0 Å². The van der Waals surface area contributed by atoms with E-state index in [2.05, 4.69) is 10.3 Å². The van der Waals surface area contributed by atoms with Gasteiger partial charge < -0.3 is 10.1 Å². The summed E-state index contributed by atoms with van der Waals surface area (Å²) in [4.78, 5) is 4.59. The first kappa shape index (κ1) is 12.9. The van der Waals surface area contributed by atoms with Crippen molar-refractivity contribution >= 4 is 15.5 Å². The number of benzene rings is 1. The van der Waals surface area contributed by atoms with Gasteiger partial charge in [0.05, 0.1) is 23.4 Å². The summed E-state index contributed by atoms with van der Waals surface area (Å²) in [5, 5.41) is 2.39. The van der Waals surface area contributed by atoms with Crippen LogP contribution in [-0.4, -0.2) is 27.1 Å². The number of fused-ring (bicyclic) bond motifs is 1. The number of methoxy groups -OCH3 is 1. The summed E-state index contributed by atoms with van der Waals surface area (Å²) in [6.45, 7) is 0.326. The Morgan fingerprint density at radius 2 is 1.95 bits per heavy atom. The van der Waals surface area contributed by atoms with Crippen LogP contribution in [0.1, 0.15) is 10.9 Å². The van der Waals surface area contributed by atoms with Crippen molar-refractivity contribution < 1.29 is 13.2 Å². The van der Waals surface area contributed by atoms with Gasteiger partial charge in [0.2, 0.25) is 5.88 Å². The molecule has 0 spiro atoms. The van der Waals surface area contributed by atoms with Gasteiger partial charge in [-0.15, -0.1) is 0 Å². The van der Waals surface area contributed by atoms with Crippen molar-refractivity contribution in [2.75, 3.05) is 19.0 Å². The van der Waals surface area contributed by atoms with Gasteiger partial charge in [-0.1, -0.05) is 18.2 Å². The minimum absolute atomic E-state index is 0.310. The summed E-state index contributed by atoms with van der Waals surface area (Å²) >= 11 is 0. The molecule has 6 heteroatoms. The van der Waals surface area contributed by atoms with Crippen LogP contribution in [-0.2, 0) is 9.84 Å². The molecular weight excluding hydrogens is 276 g/mol. The van der Waals surface area contributed by atoms with E-state index in [1.807, 2.05) is 0 Å². The van der Waals surface area contributed by atoms with Gasteiger partial charge >= 0.3 is 0 Å². The number of nitrogens with one attached hydrogen (secondary N) is 1. The van der Waals surface area contributed by atoms with E-state index in [1.54, 1.807) is 42.5 Å². The van der Waals surface area contributed by atoms with Crippen molar-refractivity contribution in [3.63, 3.8) is 0 Å². The molecule has 104 valence electrons. The molecule has 20 heavy (non-hydrogen) atoms. The molecule has 0 saturated heterocycles. The zero-order valence-electron chi connectivity index (χ0n) is 10.9. The van der Waals surface area contributed by atoms with E-state index >= 15 is 0 Å². The highest BCUT2D eigenvalue weighted by Gasteiger charge is 2.36. The molecule has 0 amide bonds. The Morgan fingerprint density at radius 1 is 1.20 bits per heavy atom. The quantitative estimate of drug-likeness (QED) is 0.936. The Labute approximate surface area is 117 Å². The normalized spacial score (nSPS) is 17.4. The second kappa shape index (κ2) is 4.79. The molecule has 1 aliphatic heterocycles. The van der Waals surface area contributed by atoms with Crippen LogP contribution >= 0.6 is 0 Å². The molecule has 5 nitrogen and oxygen atoms in total. The van der Waals surface area contributed by atoms with Crippen LogP contribution in [0, 0.1) is 0 Å². The third-order valence-electron chi connectivity index (χ3n) is 3.34. The van der Waals surface area contributed by atoms with Crippen LogP contribution in [0.25, 0.3) is 0 Å². The van der Waals surface area contributed by atoms with Gasteiger partial charge in [-0.25, -0.2) is 13.4 Å². The van der Waals surface area contributed by atoms with Crippen LogP contribution in [0.4, 0.5) is 5.69 Å². The molecule has 0 radical (unpaired) electrons. The molecule has 1 aliphatic rings. The van der Waals surface area contributed by atoms with Gasteiger partial charge in [0.1, 0.15) is 5.25 Å². The van der Waals surface area contributed by atoms with Crippen molar-refractivity contribution in [3.05, 3.63) is 48.2 Å². The van der Waals surface area contributed by atoms with E-state index in [1.165, 1.54) is 7.11 Å². The highest BCUT2D eigenvalue weighted by molar-refractivity contribution is 7.91. The number of sulfone groups is 1. The van der Waals surface area contributed by atoms with Crippen LogP contribution in [0.3, 0.4) is 0 Å². The van der Waals surface area contributed by atoms with Gasteiger partial charge in [-0.3, -0.25) is 0 Å². The predicted octanol–water partition coefficient (Wildman–Crippen LogP) is 2.03. The number of rotatable bonds is 3. The summed E-state index contributed by atoms with van der Waals surface area (Å²) in [6, 6.07) is 11.9. The average Bonchev–Trinajstić information content (AvgIpc) is 2.91. The molecule has 3 rings (SSSR count). The Kier molecular flexibility index (Phi) is 3.10. The van der Waals surface area contributed by atoms with Crippen molar-refractivity contribution in [2.45, 2.75) is 10.1 Å². The largest absolute Gasteiger partial charge is 0.481 e. The number of hydrogen-bond acceptors (Lipinski definition) is 5. The topological polar surface area (TPSA) is 68.3 Å². The maximum absolute atomic E-state index is 12.7. The lowest BCUT2D eigenvalue weighted by atomic mass is 10.3. The van der Waals surface area contributed by atoms with Gasteiger partial charge in [-0.2, -0.15) is 0 Å². The van der Waals surface area contributed by atoms with Gasteiger partial charge in [0.15, 0.2) is 9.84 Å². The SMILES string of the molecule is COc1ccc2c(n1)C(S(=O)(=O)c1ccccc1)CN2. The van der Waals surface area contributed by atoms with Crippen LogP contribution in [0.15, 0.2) is 47.4 Å². The maximum Gasteiger partial charge on any atom is 0.213 e. The molecule has 1 N–H and O–H groups in total. The smallest absolute Gasteiger partial charge is 0.213 e. The first-order valence-corrected chi connectivity index (χ1v) is 7.75. The van der Waals surface area contributed by atoms with Gasteiger partial charge in [-0.05, 0) is 18.2 Å². The Hall–Kier alpha value is -2.08. The van der Waals surface area contributed by atoms with Crippen LogP contribution in [0.5, 0.6) is 5.88 Å². The van der Waals surface area contributed by atoms with Crippen molar-refractivity contribution in [1.82, 2.24) is 4.98 Å². The van der Waals surface area contributed by atoms with E-state index in [4.69, 9.17) is 4.74 Å². The fraction of sp³-hybridized carbons (Fsp3) is 0.214. The van der Waals surface area contributed by atoms with Crippen molar-refractivity contribution in [1.29, 1.82) is 0 Å². The average molecular weight is 290 g/mol. The third kappa shape index (κ3) is 2.02. The number of hydrogen-bond donors (Lipinski definition) is 1. The molecule has 1 aromatic heterocycles. The highest BCUT2D eigenvalue weighted by Crippen LogP contribution is 2.37. The first-order valence-electron chi connectivity index (χ1n) is 6.20. The molecule has 2 aromatic rings. The Bertz CT molecular complexity index is 729. The molecule has 0 saturated carbocycles. The molecule has 0 fully saturated rings. The number of ether oxygens (including phenoxy) is 1. The molecule has 1 unspecified atom stereocenters. The molecule has 1 aromatic carbocycles. The predicted molar refractivity (Wildman–Crippen MR) is 75.6 cm³/mol. The summed E-state index contributed by atoms with van der Waals surface area (Å²) < 4.78 is 30.4. The summed E-state index contributed by atoms with van der Waals surface area (Å²) in [5.74, 6) is 0.417. The van der Waals surface area contributed by atoms with Crippen LogP contribution in [0.2, 0.25) is 0 Å². The molecule has 1 atom stereocenters. The molecular formula is C14H14N2O3S. The lowest BCUT2D eigenvalue weighted by Gasteiger charge is -2.11. The second-order valence-electron chi connectivity index (χ2n) is 4.51. The summed E-state index contributed by atoms with van der Waals surface area (Å²) in [6.07, 6.45) is 0. The number of anilines is 1. The third-order valence-corrected chi connectivity index (χ3v) is 5.41. The first-order chi connectivity index (χ1) is 9.63. The van der Waals surface area contributed by atoms with E-state index in [-0.39, 0.29) is 0 Å². The lowest BCUT2D eigenvalue weighted by Crippen LogP contribution is -2.16. The highest BCUT2D eigenvalue weighted by atomic mass is 32.2. The zero-order valence-corrected chi connectivity index (χ0v) is 11.7. The lowest BCUT2D eigenvalue weighted by molar-refractivity contribution is 0.396. The van der Waals surface area contributed by atoms with Gasteiger partial charge in [0.25, 0.3) is 0 Å². The Balaban J connectivity index is 2.07. The molecule has 0 aliphatic carbocycles. The monoisotopic (exact) mass is 290 g/mol. The fourth-order valence-corrected chi connectivity index (χ4v) is 3.94. The van der Waals surface area contributed by atoms with Crippen molar-refractivity contribution in [3.8, 4) is 5.88 Å². The van der Waals surface area contributed by atoms with E-state index in [0.717, 1.165) is 5.69 Å². The number of nitrogens with zero attached hydrogens (tertiary/aromatic N) is 1.